The van der Waals surface area contributed by atoms with Crippen LogP contribution in [0.4, 0.5) is 11.6 Å². The van der Waals surface area contributed by atoms with Gasteiger partial charge < -0.3 is 10.6 Å². The maximum atomic E-state index is 5.65. The number of hydrogen-bond acceptors (Lipinski definition) is 4. The summed E-state index contributed by atoms with van der Waals surface area (Å²) in [6.45, 7) is 2.32. The van der Waals surface area contributed by atoms with Crippen LogP contribution in [0.5, 0.6) is 0 Å². The van der Waals surface area contributed by atoms with Crippen molar-refractivity contribution in [2.75, 3.05) is 17.7 Å². The molecule has 1 aromatic rings. The van der Waals surface area contributed by atoms with Gasteiger partial charge in [-0.1, -0.05) is 19.8 Å². The van der Waals surface area contributed by atoms with Crippen molar-refractivity contribution in [2.45, 2.75) is 38.6 Å². The Labute approximate surface area is 96.9 Å². The van der Waals surface area contributed by atoms with Gasteiger partial charge in [-0.2, -0.15) is 0 Å². The number of rotatable bonds is 2. The minimum atomic E-state index is 0.494. The molecule has 2 unspecified atom stereocenters. The average molecular weight is 220 g/mol. The molecule has 0 radical (unpaired) electrons. The monoisotopic (exact) mass is 220 g/mol. The Hall–Kier alpha value is -1.32. The lowest BCUT2D eigenvalue weighted by atomic mass is 9.86. The van der Waals surface area contributed by atoms with E-state index in [9.17, 15) is 0 Å². The number of hydrogen-bond donors (Lipinski definition) is 1. The second-order valence-electron chi connectivity index (χ2n) is 4.84. The summed E-state index contributed by atoms with van der Waals surface area (Å²) in [6.07, 6.45) is 8.53. The lowest BCUT2D eigenvalue weighted by molar-refractivity contribution is 0.335. The first-order valence-electron chi connectivity index (χ1n) is 5.97. The van der Waals surface area contributed by atoms with Crippen molar-refractivity contribution in [1.29, 1.82) is 0 Å². The van der Waals surface area contributed by atoms with Crippen molar-refractivity contribution in [3.05, 3.63) is 12.4 Å². The molecule has 0 spiro atoms. The lowest BCUT2D eigenvalue weighted by Crippen LogP contribution is -2.36. The molecule has 1 aromatic heterocycles. The van der Waals surface area contributed by atoms with Crippen LogP contribution >= 0.6 is 0 Å². The fourth-order valence-electron chi connectivity index (χ4n) is 2.48. The van der Waals surface area contributed by atoms with Crippen LogP contribution in [-0.4, -0.2) is 23.1 Å². The van der Waals surface area contributed by atoms with E-state index in [2.05, 4.69) is 28.8 Å². The Balaban J connectivity index is 2.09. The summed E-state index contributed by atoms with van der Waals surface area (Å²) in [4.78, 5) is 10.6. The largest absolute Gasteiger partial charge is 0.382 e. The van der Waals surface area contributed by atoms with Crippen LogP contribution in [0.1, 0.15) is 32.6 Å². The minimum Gasteiger partial charge on any atom is -0.382 e. The Morgan fingerprint density at radius 3 is 2.88 bits per heavy atom. The summed E-state index contributed by atoms with van der Waals surface area (Å²) in [5.74, 6) is 2.20. The molecule has 1 heterocycles. The molecule has 0 bridgehead atoms. The molecular weight excluding hydrogens is 200 g/mol. The number of anilines is 2. The third-order valence-electron chi connectivity index (χ3n) is 3.46. The van der Waals surface area contributed by atoms with Gasteiger partial charge in [0.25, 0.3) is 0 Å². The van der Waals surface area contributed by atoms with Crippen molar-refractivity contribution in [3.63, 3.8) is 0 Å². The topological polar surface area (TPSA) is 55.0 Å². The van der Waals surface area contributed by atoms with Crippen LogP contribution in [-0.2, 0) is 0 Å². The van der Waals surface area contributed by atoms with Crippen LogP contribution in [0.25, 0.3) is 0 Å². The fourth-order valence-corrected chi connectivity index (χ4v) is 2.48. The molecule has 0 amide bonds. The van der Waals surface area contributed by atoms with Gasteiger partial charge in [-0.25, -0.2) is 4.98 Å². The summed E-state index contributed by atoms with van der Waals surface area (Å²) in [5, 5.41) is 0. The molecule has 1 fully saturated rings. The van der Waals surface area contributed by atoms with Crippen molar-refractivity contribution in [2.24, 2.45) is 5.92 Å². The second-order valence-corrected chi connectivity index (χ2v) is 4.84. The highest BCUT2D eigenvalue weighted by Crippen LogP contribution is 2.28. The van der Waals surface area contributed by atoms with E-state index in [1.165, 1.54) is 25.7 Å². The first-order valence-corrected chi connectivity index (χ1v) is 5.97. The Bertz CT molecular complexity index is 353. The number of aromatic nitrogens is 2. The highest BCUT2D eigenvalue weighted by Gasteiger charge is 2.23. The Kier molecular flexibility index (Phi) is 3.27. The molecule has 0 aromatic carbocycles. The van der Waals surface area contributed by atoms with Gasteiger partial charge in [0.1, 0.15) is 11.6 Å². The zero-order chi connectivity index (χ0) is 11.5. The van der Waals surface area contributed by atoms with Crippen LogP contribution in [0.2, 0.25) is 0 Å². The van der Waals surface area contributed by atoms with Crippen LogP contribution < -0.4 is 10.6 Å². The van der Waals surface area contributed by atoms with Crippen molar-refractivity contribution >= 4 is 11.6 Å². The summed E-state index contributed by atoms with van der Waals surface area (Å²) < 4.78 is 0. The van der Waals surface area contributed by atoms with E-state index < -0.39 is 0 Å². The molecule has 4 heteroatoms. The molecule has 1 aliphatic carbocycles. The van der Waals surface area contributed by atoms with Crippen LogP contribution in [0.3, 0.4) is 0 Å². The number of nitrogen functional groups attached to an aromatic ring is 1. The van der Waals surface area contributed by atoms with Crippen LogP contribution in [0.15, 0.2) is 12.4 Å². The van der Waals surface area contributed by atoms with E-state index >= 15 is 0 Å². The van der Waals surface area contributed by atoms with Crippen molar-refractivity contribution < 1.29 is 0 Å². The van der Waals surface area contributed by atoms with Gasteiger partial charge in [-0.3, -0.25) is 4.98 Å². The smallest absolute Gasteiger partial charge is 0.149 e. The van der Waals surface area contributed by atoms with Gasteiger partial charge in [0.15, 0.2) is 0 Å². The molecule has 16 heavy (non-hydrogen) atoms. The molecule has 2 rings (SSSR count). The van der Waals surface area contributed by atoms with Gasteiger partial charge in [-0.05, 0) is 18.8 Å². The summed E-state index contributed by atoms with van der Waals surface area (Å²) in [7, 11) is 2.09. The molecular formula is C12H20N4. The molecule has 0 aliphatic heterocycles. The Morgan fingerprint density at radius 2 is 2.19 bits per heavy atom. The van der Waals surface area contributed by atoms with Gasteiger partial charge in [0.2, 0.25) is 0 Å². The van der Waals surface area contributed by atoms with Gasteiger partial charge in [-0.15, -0.1) is 0 Å². The predicted octanol–water partition coefficient (Wildman–Crippen LogP) is 2.07. The standard InChI is InChI=1S/C12H20N4/c1-9-4-3-5-10(6-9)16(2)12-8-14-7-11(13)15-12/h7-10H,3-6H2,1-2H3,(H2,13,15). The van der Waals surface area contributed by atoms with E-state index in [1.807, 2.05) is 0 Å². The third kappa shape index (κ3) is 2.43. The van der Waals surface area contributed by atoms with E-state index in [1.54, 1.807) is 12.4 Å². The molecule has 88 valence electrons. The highest BCUT2D eigenvalue weighted by molar-refractivity contribution is 5.41. The van der Waals surface area contributed by atoms with Crippen molar-refractivity contribution in [3.8, 4) is 0 Å². The molecule has 4 nitrogen and oxygen atoms in total. The van der Waals surface area contributed by atoms with Crippen molar-refractivity contribution in [1.82, 2.24) is 9.97 Å². The minimum absolute atomic E-state index is 0.494. The summed E-state index contributed by atoms with van der Waals surface area (Å²) >= 11 is 0. The Morgan fingerprint density at radius 1 is 1.38 bits per heavy atom. The van der Waals surface area contributed by atoms with E-state index in [0.29, 0.717) is 11.9 Å². The summed E-state index contributed by atoms with van der Waals surface area (Å²) in [6, 6.07) is 0.583. The average Bonchev–Trinajstić information content (AvgIpc) is 2.28. The molecule has 1 saturated carbocycles. The maximum absolute atomic E-state index is 5.65. The predicted molar refractivity (Wildman–Crippen MR) is 66.3 cm³/mol. The van der Waals surface area contributed by atoms with Gasteiger partial charge >= 0.3 is 0 Å². The van der Waals surface area contributed by atoms with Crippen LogP contribution in [0, 0.1) is 5.92 Å². The molecule has 2 N–H and O–H groups in total. The number of nitrogens with zero attached hydrogens (tertiary/aromatic N) is 3. The molecule has 1 aliphatic rings. The quantitative estimate of drug-likeness (QED) is 0.829. The first-order chi connectivity index (χ1) is 7.66. The molecule has 2 atom stereocenters. The first kappa shape index (κ1) is 11.2. The molecule has 0 saturated heterocycles. The van der Waals surface area contributed by atoms with Gasteiger partial charge in [0, 0.05) is 13.1 Å². The summed E-state index contributed by atoms with van der Waals surface area (Å²) in [5.41, 5.74) is 5.65. The fraction of sp³-hybridized carbons (Fsp3) is 0.667. The van der Waals surface area contributed by atoms with E-state index in [-0.39, 0.29) is 0 Å². The highest BCUT2D eigenvalue weighted by atomic mass is 15.2. The third-order valence-corrected chi connectivity index (χ3v) is 3.46. The number of nitrogens with two attached hydrogens (primary N) is 1. The second kappa shape index (κ2) is 4.68. The SMILES string of the molecule is CC1CCCC(N(C)c2cncc(N)n2)C1. The van der Waals surface area contributed by atoms with E-state index in [0.717, 1.165) is 11.7 Å². The van der Waals surface area contributed by atoms with Gasteiger partial charge in [0.05, 0.1) is 12.4 Å². The maximum Gasteiger partial charge on any atom is 0.149 e. The zero-order valence-electron chi connectivity index (χ0n) is 10.1. The van der Waals surface area contributed by atoms with E-state index in [4.69, 9.17) is 5.73 Å². The normalized spacial score (nSPS) is 25.4. The zero-order valence-corrected chi connectivity index (χ0v) is 10.1. The lowest BCUT2D eigenvalue weighted by Gasteiger charge is -2.34.